The van der Waals surface area contributed by atoms with Gasteiger partial charge in [-0.1, -0.05) is 42.0 Å². The van der Waals surface area contributed by atoms with Gasteiger partial charge in [0.2, 0.25) is 0 Å². The summed E-state index contributed by atoms with van der Waals surface area (Å²) in [4.78, 5) is 9.43. The van der Waals surface area contributed by atoms with E-state index in [1.807, 2.05) is 31.2 Å². The highest BCUT2D eigenvalue weighted by Crippen LogP contribution is 2.29. The van der Waals surface area contributed by atoms with Crippen LogP contribution in [0.25, 0.3) is 10.8 Å². The topological polar surface area (TPSA) is 65.5 Å². The molecule has 2 aromatic carbocycles. The molecule has 154 valence electrons. The molecule has 1 aliphatic heterocycles. The average Bonchev–Trinajstić information content (AvgIpc) is 2.68. The van der Waals surface area contributed by atoms with Gasteiger partial charge >= 0.3 is 0 Å². The first-order valence-corrected chi connectivity index (χ1v) is 10.8. The lowest BCUT2D eigenvalue weighted by Gasteiger charge is -2.34. The molecule has 0 amide bonds. The molecule has 0 atom stereocenters. The molecular weight excluding hydrogens is 408 g/mol. The minimum atomic E-state index is -3.69. The molecule has 0 aliphatic carbocycles. The number of nitrogens with zero attached hydrogens (tertiary/aromatic N) is 3. The predicted octanol–water partition coefficient (Wildman–Crippen LogP) is 3.52. The summed E-state index contributed by atoms with van der Waals surface area (Å²) in [5.74, 6) is 1.17. The molecule has 8 heteroatoms. The molecule has 1 N–H and O–H groups in total. The van der Waals surface area contributed by atoms with Crippen molar-refractivity contribution in [2.45, 2.75) is 11.8 Å². The van der Waals surface area contributed by atoms with Crippen LogP contribution in [0.4, 0.5) is 11.6 Å². The number of sulfonamides is 1. The second-order valence-corrected chi connectivity index (χ2v) is 8.94. The summed E-state index contributed by atoms with van der Waals surface area (Å²) in [6, 6.07) is 16.6. The van der Waals surface area contributed by atoms with Crippen molar-refractivity contribution in [1.29, 1.82) is 0 Å². The Kier molecular flexibility index (Phi) is 6.31. The first-order chi connectivity index (χ1) is 13.4. The molecule has 0 spiro atoms. The number of nitrogens with one attached hydrogen (secondary N) is 1. The van der Waals surface area contributed by atoms with Crippen LogP contribution < -0.4 is 9.62 Å². The van der Waals surface area contributed by atoms with Gasteiger partial charge in [-0.2, -0.15) is 0 Å². The highest BCUT2D eigenvalue weighted by molar-refractivity contribution is 7.92. The molecular formula is C21H25ClN4O2S. The highest BCUT2D eigenvalue weighted by atomic mass is 35.5. The summed E-state index contributed by atoms with van der Waals surface area (Å²) in [6.07, 6.45) is 0. The van der Waals surface area contributed by atoms with Crippen molar-refractivity contribution >= 4 is 44.8 Å². The lowest BCUT2D eigenvalue weighted by atomic mass is 10.1. The number of aryl methyl sites for hydroxylation is 1. The molecule has 6 nitrogen and oxygen atoms in total. The lowest BCUT2D eigenvalue weighted by molar-refractivity contribution is 0.312. The van der Waals surface area contributed by atoms with Crippen molar-refractivity contribution in [2.24, 2.45) is 0 Å². The third kappa shape index (κ3) is 4.63. The summed E-state index contributed by atoms with van der Waals surface area (Å²) in [5, 5.41) is 2.00. The van der Waals surface area contributed by atoms with Gasteiger partial charge in [0, 0.05) is 31.6 Å². The molecule has 1 aromatic heterocycles. The zero-order valence-electron chi connectivity index (χ0n) is 16.5. The number of halogens is 1. The van der Waals surface area contributed by atoms with E-state index in [9.17, 15) is 8.42 Å². The van der Waals surface area contributed by atoms with Gasteiger partial charge in [0.25, 0.3) is 10.0 Å². The van der Waals surface area contributed by atoms with Crippen LogP contribution in [-0.4, -0.2) is 51.5 Å². The number of anilines is 2. The molecule has 2 heterocycles. The summed E-state index contributed by atoms with van der Waals surface area (Å²) in [6.45, 7) is 5.56. The van der Waals surface area contributed by atoms with Gasteiger partial charge in [0.1, 0.15) is 11.6 Å². The van der Waals surface area contributed by atoms with E-state index >= 15 is 0 Å². The number of pyridine rings is 1. The zero-order chi connectivity index (χ0) is 19.7. The van der Waals surface area contributed by atoms with Crippen LogP contribution >= 0.6 is 12.4 Å². The van der Waals surface area contributed by atoms with Gasteiger partial charge in [-0.15, -0.1) is 12.4 Å². The summed E-state index contributed by atoms with van der Waals surface area (Å²) < 4.78 is 28.3. The van der Waals surface area contributed by atoms with E-state index in [0.29, 0.717) is 5.82 Å². The molecule has 0 radical (unpaired) electrons. The quantitative estimate of drug-likeness (QED) is 0.683. The highest BCUT2D eigenvalue weighted by Gasteiger charge is 2.20. The Morgan fingerprint density at radius 3 is 2.31 bits per heavy atom. The number of hydrogen-bond acceptors (Lipinski definition) is 5. The van der Waals surface area contributed by atoms with E-state index in [4.69, 9.17) is 4.98 Å². The Balaban J connectivity index is 0.00000240. The summed E-state index contributed by atoms with van der Waals surface area (Å²) >= 11 is 0. The van der Waals surface area contributed by atoms with Crippen molar-refractivity contribution in [1.82, 2.24) is 9.88 Å². The normalized spacial score (nSPS) is 15.2. The smallest absolute Gasteiger partial charge is 0.263 e. The van der Waals surface area contributed by atoms with Crippen molar-refractivity contribution in [2.75, 3.05) is 42.8 Å². The Morgan fingerprint density at radius 2 is 1.62 bits per heavy atom. The molecule has 0 unspecified atom stereocenters. The van der Waals surface area contributed by atoms with Gasteiger partial charge < -0.3 is 9.80 Å². The number of piperazine rings is 1. The van der Waals surface area contributed by atoms with Gasteiger partial charge in [0.15, 0.2) is 0 Å². The molecule has 4 rings (SSSR count). The van der Waals surface area contributed by atoms with Gasteiger partial charge in [-0.25, -0.2) is 13.4 Å². The maximum atomic E-state index is 12.8. The molecule has 0 bridgehead atoms. The van der Waals surface area contributed by atoms with E-state index in [1.165, 1.54) is 0 Å². The van der Waals surface area contributed by atoms with Crippen LogP contribution in [0, 0.1) is 6.92 Å². The zero-order valence-corrected chi connectivity index (χ0v) is 18.1. The SMILES string of the molecule is Cc1ccc(S(=O)(=O)Nc2cc3ccccc3c(N3CCN(C)CC3)n2)cc1.Cl. The lowest BCUT2D eigenvalue weighted by Crippen LogP contribution is -2.45. The molecule has 1 saturated heterocycles. The van der Waals surface area contributed by atoms with Crippen LogP contribution in [0.3, 0.4) is 0 Å². The first-order valence-electron chi connectivity index (χ1n) is 9.35. The fourth-order valence-electron chi connectivity index (χ4n) is 3.41. The van der Waals surface area contributed by atoms with Crippen LogP contribution in [0.15, 0.2) is 59.5 Å². The number of likely N-dealkylation sites (N-methyl/N-ethyl adjacent to an activating group) is 1. The Labute approximate surface area is 178 Å². The summed E-state index contributed by atoms with van der Waals surface area (Å²) in [7, 11) is -1.59. The van der Waals surface area contributed by atoms with E-state index < -0.39 is 10.0 Å². The van der Waals surface area contributed by atoms with Gasteiger partial charge in [-0.3, -0.25) is 4.72 Å². The fraction of sp³-hybridized carbons (Fsp3) is 0.286. The molecule has 1 fully saturated rings. The molecule has 1 aliphatic rings. The summed E-state index contributed by atoms with van der Waals surface area (Å²) in [5.41, 5.74) is 1.01. The van der Waals surface area contributed by atoms with Crippen LogP contribution in [-0.2, 0) is 10.0 Å². The largest absolute Gasteiger partial charge is 0.353 e. The van der Waals surface area contributed by atoms with Crippen LogP contribution in [0.5, 0.6) is 0 Å². The number of hydrogen-bond donors (Lipinski definition) is 1. The van der Waals surface area contributed by atoms with Crippen LogP contribution in [0.2, 0.25) is 0 Å². The number of rotatable bonds is 4. The predicted molar refractivity (Wildman–Crippen MR) is 121 cm³/mol. The van der Waals surface area contributed by atoms with E-state index in [-0.39, 0.29) is 17.3 Å². The minimum absolute atomic E-state index is 0. The number of aromatic nitrogens is 1. The third-order valence-corrected chi connectivity index (χ3v) is 6.46. The van der Waals surface area contributed by atoms with Crippen molar-refractivity contribution < 1.29 is 8.42 Å². The maximum absolute atomic E-state index is 12.8. The molecule has 0 saturated carbocycles. The van der Waals surface area contributed by atoms with Crippen molar-refractivity contribution in [3.63, 3.8) is 0 Å². The minimum Gasteiger partial charge on any atom is -0.353 e. The van der Waals surface area contributed by atoms with Crippen LogP contribution in [0.1, 0.15) is 5.56 Å². The third-order valence-electron chi connectivity index (χ3n) is 5.09. The van der Waals surface area contributed by atoms with E-state index in [1.54, 1.807) is 30.3 Å². The first kappa shape index (κ1) is 21.4. The second kappa shape index (κ2) is 8.57. The second-order valence-electron chi connectivity index (χ2n) is 7.26. The standard InChI is InChI=1S/C21H24N4O2S.ClH/c1-16-7-9-18(10-8-16)28(26,27)23-20-15-17-5-3-4-6-19(17)21(22-20)25-13-11-24(2)12-14-25;/h3-10,15H,11-14H2,1-2H3,(H,22,23);1H. The Hall–Kier alpha value is -2.35. The maximum Gasteiger partial charge on any atom is 0.263 e. The molecule has 3 aromatic rings. The number of benzene rings is 2. The number of fused-ring (bicyclic) bond motifs is 1. The Bertz CT molecular complexity index is 1100. The monoisotopic (exact) mass is 432 g/mol. The average molecular weight is 433 g/mol. The molecule has 29 heavy (non-hydrogen) atoms. The fourth-order valence-corrected chi connectivity index (χ4v) is 4.40. The van der Waals surface area contributed by atoms with Gasteiger partial charge in [-0.05, 0) is 37.6 Å². The Morgan fingerprint density at radius 1 is 0.966 bits per heavy atom. The van der Waals surface area contributed by atoms with E-state index in [2.05, 4.69) is 21.6 Å². The van der Waals surface area contributed by atoms with Crippen molar-refractivity contribution in [3.8, 4) is 0 Å². The van der Waals surface area contributed by atoms with Gasteiger partial charge in [0.05, 0.1) is 4.90 Å². The van der Waals surface area contributed by atoms with E-state index in [0.717, 1.165) is 48.3 Å². The van der Waals surface area contributed by atoms with Crippen molar-refractivity contribution in [3.05, 3.63) is 60.2 Å².